The molecule has 1 fully saturated rings. The first kappa shape index (κ1) is 9.36. The number of guanidine groups is 1. The lowest BCUT2D eigenvalue weighted by atomic mass is 9.83. The van der Waals surface area contributed by atoms with E-state index in [-0.39, 0.29) is 5.96 Å². The van der Waals surface area contributed by atoms with Crippen LogP contribution in [0.25, 0.3) is 0 Å². The molecule has 2 atom stereocenters. The summed E-state index contributed by atoms with van der Waals surface area (Å²) in [7, 11) is 0. The molecule has 1 saturated carbocycles. The van der Waals surface area contributed by atoms with Crippen LogP contribution < -0.4 is 11.5 Å². The molecule has 0 bridgehead atoms. The van der Waals surface area contributed by atoms with Crippen LogP contribution in [0.1, 0.15) is 39.0 Å². The van der Waals surface area contributed by atoms with E-state index in [1.807, 2.05) is 0 Å². The van der Waals surface area contributed by atoms with Crippen LogP contribution in [0.15, 0.2) is 4.99 Å². The highest BCUT2D eigenvalue weighted by Crippen LogP contribution is 2.28. The zero-order chi connectivity index (χ0) is 8.97. The first-order valence-corrected chi connectivity index (χ1v) is 4.82. The van der Waals surface area contributed by atoms with Gasteiger partial charge in [-0.1, -0.05) is 26.2 Å². The van der Waals surface area contributed by atoms with Gasteiger partial charge >= 0.3 is 0 Å². The Labute approximate surface area is 74.2 Å². The van der Waals surface area contributed by atoms with Crippen molar-refractivity contribution in [3.63, 3.8) is 0 Å². The molecule has 1 rings (SSSR count). The largest absolute Gasteiger partial charge is 0.370 e. The highest BCUT2D eigenvalue weighted by atomic mass is 15.0. The van der Waals surface area contributed by atoms with Crippen molar-refractivity contribution >= 4 is 5.96 Å². The third-order valence-corrected chi connectivity index (χ3v) is 2.71. The molecule has 0 spiro atoms. The van der Waals surface area contributed by atoms with E-state index in [1.54, 1.807) is 0 Å². The summed E-state index contributed by atoms with van der Waals surface area (Å²) in [5, 5.41) is 0. The maximum Gasteiger partial charge on any atom is 0.186 e. The molecule has 0 aromatic carbocycles. The zero-order valence-corrected chi connectivity index (χ0v) is 7.79. The highest BCUT2D eigenvalue weighted by molar-refractivity contribution is 5.75. The van der Waals surface area contributed by atoms with E-state index in [0.29, 0.717) is 12.0 Å². The van der Waals surface area contributed by atoms with Gasteiger partial charge in [0, 0.05) is 0 Å². The van der Waals surface area contributed by atoms with Gasteiger partial charge in [-0.25, -0.2) is 0 Å². The number of rotatable bonds is 2. The Morgan fingerprint density at radius 2 is 2.00 bits per heavy atom. The van der Waals surface area contributed by atoms with Crippen LogP contribution in [0.4, 0.5) is 0 Å². The minimum atomic E-state index is 0.250. The molecule has 3 heteroatoms. The molecule has 70 valence electrons. The average molecular weight is 169 g/mol. The summed E-state index contributed by atoms with van der Waals surface area (Å²) < 4.78 is 0. The Kier molecular flexibility index (Phi) is 3.38. The molecule has 1 aliphatic rings. The Morgan fingerprint density at radius 3 is 2.58 bits per heavy atom. The average Bonchev–Trinajstić information content (AvgIpc) is 2.04. The zero-order valence-electron chi connectivity index (χ0n) is 7.79. The van der Waals surface area contributed by atoms with Crippen molar-refractivity contribution in [1.82, 2.24) is 0 Å². The highest BCUT2D eigenvalue weighted by Gasteiger charge is 2.22. The molecule has 0 aromatic rings. The molecular formula is C9H19N3. The van der Waals surface area contributed by atoms with Gasteiger partial charge in [-0.2, -0.15) is 0 Å². The lowest BCUT2D eigenvalue weighted by Gasteiger charge is -2.27. The Morgan fingerprint density at radius 1 is 1.33 bits per heavy atom. The van der Waals surface area contributed by atoms with Crippen molar-refractivity contribution in [1.29, 1.82) is 0 Å². The summed E-state index contributed by atoms with van der Waals surface area (Å²) >= 11 is 0. The summed E-state index contributed by atoms with van der Waals surface area (Å²) in [6.45, 7) is 2.21. The second-order valence-corrected chi connectivity index (χ2v) is 3.57. The Bertz CT molecular complexity index is 161. The lowest BCUT2D eigenvalue weighted by molar-refractivity contribution is 0.302. The molecule has 3 nitrogen and oxygen atoms in total. The van der Waals surface area contributed by atoms with Gasteiger partial charge in [0.1, 0.15) is 0 Å². The fraction of sp³-hybridized carbons (Fsp3) is 0.889. The lowest BCUT2D eigenvalue weighted by Crippen LogP contribution is -2.30. The second kappa shape index (κ2) is 4.33. The van der Waals surface area contributed by atoms with E-state index < -0.39 is 0 Å². The molecule has 0 heterocycles. The van der Waals surface area contributed by atoms with Gasteiger partial charge in [-0.3, -0.25) is 4.99 Å². The molecule has 0 aliphatic heterocycles. The van der Waals surface area contributed by atoms with E-state index in [4.69, 9.17) is 11.5 Å². The summed E-state index contributed by atoms with van der Waals surface area (Å²) in [6.07, 6.45) is 6.27. The molecule has 2 unspecified atom stereocenters. The van der Waals surface area contributed by atoms with E-state index >= 15 is 0 Å². The van der Waals surface area contributed by atoms with Crippen molar-refractivity contribution in [2.24, 2.45) is 22.4 Å². The number of nitrogens with zero attached hydrogens (tertiary/aromatic N) is 1. The first-order valence-electron chi connectivity index (χ1n) is 4.82. The van der Waals surface area contributed by atoms with Crippen LogP contribution in [0.2, 0.25) is 0 Å². The van der Waals surface area contributed by atoms with Gasteiger partial charge in [-0.05, 0) is 18.8 Å². The van der Waals surface area contributed by atoms with Gasteiger partial charge in [-0.15, -0.1) is 0 Å². The topological polar surface area (TPSA) is 64.4 Å². The predicted octanol–water partition coefficient (Wildman–Crippen LogP) is 1.23. The summed E-state index contributed by atoms with van der Waals surface area (Å²) in [4.78, 5) is 4.26. The second-order valence-electron chi connectivity index (χ2n) is 3.57. The minimum Gasteiger partial charge on any atom is -0.370 e. The van der Waals surface area contributed by atoms with Crippen LogP contribution in [0.5, 0.6) is 0 Å². The van der Waals surface area contributed by atoms with Crippen LogP contribution in [0, 0.1) is 5.92 Å². The number of nitrogens with two attached hydrogens (primary N) is 2. The molecule has 12 heavy (non-hydrogen) atoms. The van der Waals surface area contributed by atoms with Crippen LogP contribution in [0.3, 0.4) is 0 Å². The smallest absolute Gasteiger partial charge is 0.186 e. The van der Waals surface area contributed by atoms with Crippen molar-refractivity contribution < 1.29 is 0 Å². The number of hydrogen-bond donors (Lipinski definition) is 2. The normalized spacial score (nSPS) is 29.8. The summed E-state index contributed by atoms with van der Waals surface area (Å²) in [5.74, 6) is 0.959. The molecule has 4 N–H and O–H groups in total. The molecule has 1 aliphatic carbocycles. The molecule has 0 amide bonds. The summed E-state index contributed by atoms with van der Waals surface area (Å²) in [5.41, 5.74) is 10.7. The quantitative estimate of drug-likeness (QED) is 0.482. The SMILES string of the molecule is CCC1CCCCC1N=C(N)N. The van der Waals surface area contributed by atoms with Gasteiger partial charge in [0.05, 0.1) is 6.04 Å². The minimum absolute atomic E-state index is 0.250. The molecule has 0 radical (unpaired) electrons. The molecular weight excluding hydrogens is 150 g/mol. The van der Waals surface area contributed by atoms with E-state index in [2.05, 4.69) is 11.9 Å². The number of aliphatic imine (C=N–C) groups is 1. The maximum atomic E-state index is 5.37. The summed E-state index contributed by atoms with van der Waals surface area (Å²) in [6, 6.07) is 0.397. The first-order chi connectivity index (χ1) is 5.74. The standard InChI is InChI=1S/C9H19N3/c1-2-7-5-3-4-6-8(7)12-9(10)11/h7-8H,2-6H2,1H3,(H4,10,11,12). The molecule has 0 aromatic heterocycles. The maximum absolute atomic E-state index is 5.37. The van der Waals surface area contributed by atoms with Crippen molar-refractivity contribution in [2.45, 2.75) is 45.1 Å². The predicted molar refractivity (Wildman–Crippen MR) is 51.8 cm³/mol. The fourth-order valence-electron chi connectivity index (χ4n) is 2.03. The Hall–Kier alpha value is -0.730. The van der Waals surface area contributed by atoms with E-state index in [9.17, 15) is 0 Å². The van der Waals surface area contributed by atoms with Crippen molar-refractivity contribution in [3.05, 3.63) is 0 Å². The number of hydrogen-bond acceptors (Lipinski definition) is 1. The van der Waals surface area contributed by atoms with Crippen molar-refractivity contribution in [3.8, 4) is 0 Å². The monoisotopic (exact) mass is 169 g/mol. The van der Waals surface area contributed by atoms with Crippen LogP contribution in [-0.4, -0.2) is 12.0 Å². The van der Waals surface area contributed by atoms with Gasteiger partial charge in [0.15, 0.2) is 5.96 Å². The van der Waals surface area contributed by atoms with Crippen LogP contribution in [-0.2, 0) is 0 Å². The van der Waals surface area contributed by atoms with Gasteiger partial charge < -0.3 is 11.5 Å². The van der Waals surface area contributed by atoms with E-state index in [1.165, 1.54) is 25.7 Å². The van der Waals surface area contributed by atoms with Gasteiger partial charge in [0.25, 0.3) is 0 Å². The Balaban J connectivity index is 2.53. The fourth-order valence-corrected chi connectivity index (χ4v) is 2.03. The van der Waals surface area contributed by atoms with Crippen LogP contribution >= 0.6 is 0 Å². The molecule has 0 saturated heterocycles. The van der Waals surface area contributed by atoms with E-state index in [0.717, 1.165) is 6.42 Å². The third kappa shape index (κ3) is 2.40. The van der Waals surface area contributed by atoms with Crippen molar-refractivity contribution in [2.75, 3.05) is 0 Å². The third-order valence-electron chi connectivity index (χ3n) is 2.71. The van der Waals surface area contributed by atoms with Gasteiger partial charge in [0.2, 0.25) is 0 Å².